The summed E-state index contributed by atoms with van der Waals surface area (Å²) >= 11 is 9.39. The number of carbonyl (C=O) groups excluding carboxylic acids is 3. The molecule has 1 unspecified atom stereocenters. The third-order valence-corrected chi connectivity index (χ3v) is 8.37. The first kappa shape index (κ1) is 32.4. The number of amides is 2. The molecule has 3 aromatic rings. The molecule has 2 aliphatic heterocycles. The molecule has 1 spiro atoms. The molecule has 43 heavy (non-hydrogen) atoms. The zero-order valence-corrected chi connectivity index (χ0v) is 26.7. The number of fused-ring (bicyclic) bond motifs is 2. The molecule has 1 fully saturated rings. The van der Waals surface area contributed by atoms with Crippen molar-refractivity contribution >= 4 is 57.2 Å². The average Bonchev–Trinajstić information content (AvgIpc) is 3.46. The lowest BCUT2D eigenvalue weighted by Crippen LogP contribution is -2.50. The summed E-state index contributed by atoms with van der Waals surface area (Å²) in [6, 6.07) is 11.4. The predicted octanol–water partition coefficient (Wildman–Crippen LogP) is 6.07. The highest BCUT2D eigenvalue weighted by Crippen LogP contribution is 2.54. The summed E-state index contributed by atoms with van der Waals surface area (Å²) in [6.45, 7) is 6.90. The van der Waals surface area contributed by atoms with Crippen LogP contribution < -0.4 is 20.7 Å². The third kappa shape index (κ3) is 6.39. The largest absolute Gasteiger partial charge is 0.495 e. The molecule has 3 N–H and O–H groups in total. The second kappa shape index (κ2) is 13.0. The molecule has 0 saturated carbocycles. The van der Waals surface area contributed by atoms with Crippen LogP contribution in [0.1, 0.15) is 54.7 Å². The maximum Gasteiger partial charge on any atom is 0.337 e. The number of anilines is 2. The fourth-order valence-corrected chi connectivity index (χ4v) is 6.32. The van der Waals surface area contributed by atoms with Crippen LogP contribution in [-0.2, 0) is 19.7 Å². The molecule has 228 valence electrons. The van der Waals surface area contributed by atoms with Crippen LogP contribution in [0, 0.1) is 11.2 Å². The van der Waals surface area contributed by atoms with Gasteiger partial charge in [0, 0.05) is 24.7 Å². The topological polar surface area (TPSA) is 119 Å². The normalized spacial score (nSPS) is 20.5. The molecule has 0 aliphatic carbocycles. The summed E-state index contributed by atoms with van der Waals surface area (Å²) < 4.78 is 25.0. The fourth-order valence-electron chi connectivity index (χ4n) is 5.78. The summed E-state index contributed by atoms with van der Waals surface area (Å²) in [5.74, 6) is -0.913. The molecule has 2 aliphatic rings. The van der Waals surface area contributed by atoms with Gasteiger partial charge in [-0.2, -0.15) is 0 Å². The Morgan fingerprint density at radius 3 is 2.65 bits per heavy atom. The van der Waals surface area contributed by atoms with Crippen molar-refractivity contribution in [3.63, 3.8) is 0 Å². The van der Waals surface area contributed by atoms with Crippen LogP contribution in [0.25, 0.3) is 0 Å². The standard InChI is InChI=1S/C21H22BrClFN3O.C10H11NO4/c1-20(2,3)8-16-21(18-15(27-19(21)28)7-11(23)9-26-18)13(10-25-16)12-5-4-6-14(22)17(12)24;1-14-9-5-7(10(13)15-2)3-4-8(9)11-6-12/h4-7,9,13,16,25H,8,10H2,1-3H3,(H,27,28);3-6H,1-2H3,(H,11,12)/t13?,16-,21-;/m0./s1. The molecule has 9 nitrogen and oxygen atoms in total. The lowest BCUT2D eigenvalue weighted by Gasteiger charge is -2.36. The lowest BCUT2D eigenvalue weighted by molar-refractivity contribution is -0.122. The summed E-state index contributed by atoms with van der Waals surface area (Å²) in [4.78, 5) is 39.5. The molecule has 0 radical (unpaired) electrons. The van der Waals surface area contributed by atoms with Gasteiger partial charge >= 0.3 is 5.97 Å². The SMILES string of the molecule is CC(C)(C)C[C@@H]1NCC(c2cccc(Br)c2F)[C@]12C(=O)Nc1cc(Cl)cnc12.COC(=O)c1ccc(NC=O)c(OC)c1. The molecule has 1 aromatic heterocycles. The third-order valence-electron chi connectivity index (χ3n) is 7.55. The van der Waals surface area contributed by atoms with Crippen LogP contribution in [0.3, 0.4) is 0 Å². The van der Waals surface area contributed by atoms with Gasteiger partial charge in [0.1, 0.15) is 17.0 Å². The summed E-state index contributed by atoms with van der Waals surface area (Å²) in [5.41, 5.74) is 1.62. The number of pyridine rings is 1. The molecule has 2 amide bonds. The van der Waals surface area contributed by atoms with Gasteiger partial charge in [-0.15, -0.1) is 0 Å². The Morgan fingerprint density at radius 2 is 2.00 bits per heavy atom. The summed E-state index contributed by atoms with van der Waals surface area (Å²) in [7, 11) is 2.75. The zero-order valence-electron chi connectivity index (χ0n) is 24.4. The second-order valence-corrected chi connectivity index (χ2v) is 12.8. The monoisotopic (exact) mass is 674 g/mol. The van der Waals surface area contributed by atoms with E-state index < -0.39 is 11.4 Å². The minimum Gasteiger partial charge on any atom is -0.495 e. The molecule has 2 aromatic carbocycles. The highest BCUT2D eigenvalue weighted by atomic mass is 79.9. The molecule has 5 rings (SSSR count). The summed E-state index contributed by atoms with van der Waals surface area (Å²) in [6.07, 6.45) is 2.84. The van der Waals surface area contributed by atoms with Gasteiger partial charge in [0.15, 0.2) is 0 Å². The molecule has 12 heteroatoms. The Kier molecular flexibility index (Phi) is 9.78. The molecular formula is C31H33BrClFN4O5. The molecule has 3 atom stereocenters. The van der Waals surface area contributed by atoms with Crippen molar-refractivity contribution in [3.05, 3.63) is 80.8 Å². The Balaban J connectivity index is 0.000000239. The van der Waals surface area contributed by atoms with Gasteiger partial charge < -0.3 is 25.4 Å². The van der Waals surface area contributed by atoms with Gasteiger partial charge in [-0.25, -0.2) is 9.18 Å². The highest BCUT2D eigenvalue weighted by molar-refractivity contribution is 9.10. The first-order valence-electron chi connectivity index (χ1n) is 13.5. The van der Waals surface area contributed by atoms with Crippen molar-refractivity contribution in [3.8, 4) is 5.75 Å². The number of hydrogen-bond acceptors (Lipinski definition) is 7. The van der Waals surface area contributed by atoms with Crippen LogP contribution in [-0.4, -0.2) is 50.1 Å². The number of ether oxygens (including phenoxy) is 2. The van der Waals surface area contributed by atoms with E-state index in [1.165, 1.54) is 20.3 Å². The smallest absolute Gasteiger partial charge is 0.337 e. The first-order valence-corrected chi connectivity index (χ1v) is 14.7. The number of benzene rings is 2. The van der Waals surface area contributed by atoms with E-state index in [1.807, 2.05) is 0 Å². The van der Waals surface area contributed by atoms with Crippen molar-refractivity contribution in [2.75, 3.05) is 31.4 Å². The fraction of sp³-hybridized carbons (Fsp3) is 0.355. The number of methoxy groups -OCH3 is 2. The van der Waals surface area contributed by atoms with Crippen molar-refractivity contribution in [1.29, 1.82) is 0 Å². The second-order valence-electron chi connectivity index (χ2n) is 11.5. The number of esters is 1. The number of hydrogen-bond donors (Lipinski definition) is 3. The number of carbonyl (C=O) groups is 3. The Labute approximate surface area is 263 Å². The Morgan fingerprint density at radius 1 is 1.26 bits per heavy atom. The minimum absolute atomic E-state index is 0.0230. The van der Waals surface area contributed by atoms with Gasteiger partial charge in [0.25, 0.3) is 0 Å². The van der Waals surface area contributed by atoms with E-state index >= 15 is 4.39 Å². The average molecular weight is 676 g/mol. The molecule has 0 bridgehead atoms. The van der Waals surface area contributed by atoms with Crippen molar-refractivity contribution in [2.45, 2.75) is 44.6 Å². The van der Waals surface area contributed by atoms with Gasteiger partial charge in [0.05, 0.1) is 46.3 Å². The van der Waals surface area contributed by atoms with Crippen LogP contribution >= 0.6 is 27.5 Å². The van der Waals surface area contributed by atoms with Crippen molar-refractivity contribution < 1.29 is 28.2 Å². The number of nitrogens with one attached hydrogen (secondary N) is 3. The van der Waals surface area contributed by atoms with Crippen LogP contribution in [0.2, 0.25) is 5.02 Å². The van der Waals surface area contributed by atoms with E-state index in [2.05, 4.69) is 62.4 Å². The van der Waals surface area contributed by atoms with E-state index in [4.69, 9.17) is 16.3 Å². The lowest BCUT2D eigenvalue weighted by atomic mass is 9.65. The van der Waals surface area contributed by atoms with E-state index in [-0.39, 0.29) is 29.1 Å². The number of aromatic nitrogens is 1. The van der Waals surface area contributed by atoms with Gasteiger partial charge in [0.2, 0.25) is 12.3 Å². The Bertz CT molecular complexity index is 1550. The molecule has 1 saturated heterocycles. The molecule has 3 heterocycles. The first-order chi connectivity index (χ1) is 20.4. The number of nitrogens with zero attached hydrogens (tertiary/aromatic N) is 1. The number of halogens is 3. The molecular weight excluding hydrogens is 643 g/mol. The van der Waals surface area contributed by atoms with Crippen molar-refractivity contribution in [2.24, 2.45) is 5.41 Å². The Hall–Kier alpha value is -3.54. The van der Waals surface area contributed by atoms with Gasteiger partial charge in [-0.05, 0) is 63.7 Å². The predicted molar refractivity (Wildman–Crippen MR) is 166 cm³/mol. The van der Waals surface area contributed by atoms with E-state index in [0.29, 0.717) is 56.4 Å². The minimum atomic E-state index is -0.991. The van der Waals surface area contributed by atoms with Crippen LogP contribution in [0.5, 0.6) is 5.75 Å². The summed E-state index contributed by atoms with van der Waals surface area (Å²) in [5, 5.41) is 9.38. The van der Waals surface area contributed by atoms with E-state index in [1.54, 1.807) is 42.6 Å². The van der Waals surface area contributed by atoms with Gasteiger partial charge in [-0.3, -0.25) is 14.6 Å². The highest BCUT2D eigenvalue weighted by Gasteiger charge is 2.62. The van der Waals surface area contributed by atoms with Crippen molar-refractivity contribution in [1.82, 2.24) is 10.3 Å². The maximum absolute atomic E-state index is 15.1. The van der Waals surface area contributed by atoms with E-state index in [9.17, 15) is 14.4 Å². The van der Waals surface area contributed by atoms with E-state index in [0.717, 1.165) is 6.42 Å². The maximum atomic E-state index is 15.1. The number of rotatable bonds is 6. The zero-order chi connectivity index (χ0) is 31.5. The quantitative estimate of drug-likeness (QED) is 0.215. The van der Waals surface area contributed by atoms with Gasteiger partial charge in [-0.1, -0.05) is 44.5 Å². The van der Waals surface area contributed by atoms with Crippen LogP contribution in [0.15, 0.2) is 53.1 Å². The van der Waals surface area contributed by atoms with Crippen LogP contribution in [0.4, 0.5) is 15.8 Å².